The average Bonchev–Trinajstić information content (AvgIpc) is 2.71. The molecule has 0 saturated carbocycles. The van der Waals surface area contributed by atoms with Crippen LogP contribution in [-0.4, -0.2) is 19.7 Å². The minimum atomic E-state index is -0.403. The highest BCUT2D eigenvalue weighted by molar-refractivity contribution is 5.38. The van der Waals surface area contributed by atoms with E-state index in [0.29, 0.717) is 12.2 Å². The van der Waals surface area contributed by atoms with Gasteiger partial charge in [0.05, 0.1) is 11.4 Å². The van der Waals surface area contributed by atoms with Gasteiger partial charge in [-0.15, -0.1) is 0 Å². The van der Waals surface area contributed by atoms with Crippen LogP contribution in [0.25, 0.3) is 0 Å². The molecule has 0 aliphatic heterocycles. The number of aromatic nitrogens is 4. The Morgan fingerprint density at radius 2 is 2.17 bits per heavy atom. The minimum Gasteiger partial charge on any atom is -0.363 e. The normalized spacial score (nSPS) is 10.7. The summed E-state index contributed by atoms with van der Waals surface area (Å²) in [6, 6.07) is 0. The first-order valence-electron chi connectivity index (χ1n) is 5.84. The van der Waals surface area contributed by atoms with Gasteiger partial charge < -0.3 is 5.32 Å². The van der Waals surface area contributed by atoms with Gasteiger partial charge in [0, 0.05) is 25.4 Å². The third-order valence-electron chi connectivity index (χ3n) is 2.74. The summed E-state index contributed by atoms with van der Waals surface area (Å²) in [5.74, 6) is -0.173. The number of anilines is 1. The highest BCUT2D eigenvalue weighted by atomic mass is 19.1. The first kappa shape index (κ1) is 12.5. The Morgan fingerprint density at radius 3 is 2.89 bits per heavy atom. The first-order valence-corrected chi connectivity index (χ1v) is 5.84. The maximum absolute atomic E-state index is 13.7. The summed E-state index contributed by atoms with van der Waals surface area (Å²) < 4.78 is 15.4. The molecule has 1 N–H and O–H groups in total. The summed E-state index contributed by atoms with van der Waals surface area (Å²) in [5, 5.41) is 7.31. The number of halogens is 1. The van der Waals surface area contributed by atoms with E-state index in [-0.39, 0.29) is 5.82 Å². The van der Waals surface area contributed by atoms with Crippen molar-refractivity contribution in [1.29, 1.82) is 0 Å². The van der Waals surface area contributed by atoms with Crippen molar-refractivity contribution in [3.63, 3.8) is 0 Å². The summed E-state index contributed by atoms with van der Waals surface area (Å²) in [6.45, 7) is 4.16. The van der Waals surface area contributed by atoms with E-state index in [9.17, 15) is 4.39 Å². The van der Waals surface area contributed by atoms with Gasteiger partial charge in [-0.05, 0) is 13.3 Å². The molecule has 2 aromatic rings. The average molecular weight is 249 g/mol. The van der Waals surface area contributed by atoms with Crippen LogP contribution in [0.4, 0.5) is 10.2 Å². The zero-order valence-electron chi connectivity index (χ0n) is 10.7. The Morgan fingerprint density at radius 1 is 1.39 bits per heavy atom. The van der Waals surface area contributed by atoms with Crippen molar-refractivity contribution in [1.82, 2.24) is 19.7 Å². The molecule has 18 heavy (non-hydrogen) atoms. The van der Waals surface area contributed by atoms with E-state index in [2.05, 4.69) is 20.4 Å². The van der Waals surface area contributed by atoms with Gasteiger partial charge in [0.15, 0.2) is 11.6 Å². The molecule has 0 spiro atoms. The molecule has 5 nitrogen and oxygen atoms in total. The third kappa shape index (κ3) is 2.47. The van der Waals surface area contributed by atoms with Crippen molar-refractivity contribution in [2.75, 3.05) is 5.32 Å². The van der Waals surface area contributed by atoms with Crippen LogP contribution < -0.4 is 5.32 Å². The van der Waals surface area contributed by atoms with E-state index in [4.69, 9.17) is 0 Å². The number of hydrogen-bond donors (Lipinski definition) is 1. The van der Waals surface area contributed by atoms with Crippen LogP contribution in [0.5, 0.6) is 0 Å². The molecule has 0 saturated heterocycles. The van der Waals surface area contributed by atoms with Crippen LogP contribution in [0.2, 0.25) is 0 Å². The zero-order chi connectivity index (χ0) is 13.1. The van der Waals surface area contributed by atoms with Crippen LogP contribution in [-0.2, 0) is 20.0 Å². The Kier molecular flexibility index (Phi) is 3.55. The summed E-state index contributed by atoms with van der Waals surface area (Å²) in [7, 11) is 1.87. The third-order valence-corrected chi connectivity index (χ3v) is 2.74. The van der Waals surface area contributed by atoms with Gasteiger partial charge in [0.1, 0.15) is 6.33 Å². The van der Waals surface area contributed by atoms with E-state index < -0.39 is 5.82 Å². The quantitative estimate of drug-likeness (QED) is 0.898. The largest absolute Gasteiger partial charge is 0.363 e. The van der Waals surface area contributed by atoms with E-state index in [1.807, 2.05) is 20.2 Å². The second kappa shape index (κ2) is 5.12. The highest BCUT2D eigenvalue weighted by Crippen LogP contribution is 2.14. The molecule has 6 heteroatoms. The number of aryl methyl sites for hydroxylation is 3. The fourth-order valence-corrected chi connectivity index (χ4v) is 1.79. The van der Waals surface area contributed by atoms with Crippen molar-refractivity contribution < 1.29 is 4.39 Å². The smallest absolute Gasteiger partial charge is 0.186 e. The number of nitrogens with one attached hydrogen (secondary N) is 1. The van der Waals surface area contributed by atoms with Crippen LogP contribution >= 0.6 is 0 Å². The van der Waals surface area contributed by atoms with Crippen molar-refractivity contribution in [3.8, 4) is 0 Å². The van der Waals surface area contributed by atoms with Crippen LogP contribution in [0.1, 0.15) is 23.9 Å². The molecule has 2 heterocycles. The number of hydrogen-bond acceptors (Lipinski definition) is 4. The molecule has 2 rings (SSSR count). The van der Waals surface area contributed by atoms with Crippen molar-refractivity contribution in [2.24, 2.45) is 7.05 Å². The Balaban J connectivity index is 2.13. The van der Waals surface area contributed by atoms with Gasteiger partial charge in [0.25, 0.3) is 0 Å². The lowest BCUT2D eigenvalue weighted by Gasteiger charge is -2.06. The van der Waals surface area contributed by atoms with Gasteiger partial charge in [-0.3, -0.25) is 4.68 Å². The maximum atomic E-state index is 13.7. The van der Waals surface area contributed by atoms with Crippen molar-refractivity contribution >= 4 is 5.82 Å². The van der Waals surface area contributed by atoms with E-state index >= 15 is 0 Å². The Labute approximate surface area is 105 Å². The molecular weight excluding hydrogens is 233 g/mol. The van der Waals surface area contributed by atoms with Gasteiger partial charge in [0.2, 0.25) is 0 Å². The van der Waals surface area contributed by atoms with Gasteiger partial charge in [-0.25, -0.2) is 14.4 Å². The number of rotatable bonds is 4. The first-order chi connectivity index (χ1) is 8.61. The monoisotopic (exact) mass is 249 g/mol. The predicted octanol–water partition coefficient (Wildman–Crippen LogP) is 1.83. The molecular formula is C12H16FN5. The van der Waals surface area contributed by atoms with Gasteiger partial charge >= 0.3 is 0 Å². The highest BCUT2D eigenvalue weighted by Gasteiger charge is 2.09. The molecule has 0 unspecified atom stereocenters. The lowest BCUT2D eigenvalue weighted by molar-refractivity contribution is 0.604. The molecule has 0 fully saturated rings. The molecule has 0 aliphatic carbocycles. The van der Waals surface area contributed by atoms with E-state index in [1.54, 1.807) is 11.6 Å². The molecule has 0 aliphatic rings. The molecule has 0 bridgehead atoms. The molecule has 96 valence electrons. The van der Waals surface area contributed by atoms with E-state index in [1.165, 1.54) is 6.33 Å². The lowest BCUT2D eigenvalue weighted by atomic mass is 10.2. The van der Waals surface area contributed by atoms with Crippen molar-refractivity contribution in [3.05, 3.63) is 35.3 Å². The Hall–Kier alpha value is -1.98. The fraction of sp³-hybridized carbons (Fsp3) is 0.417. The topological polar surface area (TPSA) is 55.6 Å². The van der Waals surface area contributed by atoms with Crippen LogP contribution in [0.3, 0.4) is 0 Å². The maximum Gasteiger partial charge on any atom is 0.186 e. The SMILES string of the molecule is CCc1nn(C)cc1CNc1ncnc(C)c1F. The fourth-order valence-electron chi connectivity index (χ4n) is 1.79. The Bertz CT molecular complexity index is 549. The lowest BCUT2D eigenvalue weighted by Crippen LogP contribution is -2.06. The van der Waals surface area contributed by atoms with Gasteiger partial charge in [-0.2, -0.15) is 5.10 Å². The zero-order valence-corrected chi connectivity index (χ0v) is 10.7. The van der Waals surface area contributed by atoms with Gasteiger partial charge in [-0.1, -0.05) is 6.92 Å². The second-order valence-electron chi connectivity index (χ2n) is 4.10. The second-order valence-corrected chi connectivity index (χ2v) is 4.10. The number of nitrogens with zero attached hydrogens (tertiary/aromatic N) is 4. The van der Waals surface area contributed by atoms with E-state index in [0.717, 1.165) is 17.7 Å². The summed E-state index contributed by atoms with van der Waals surface area (Å²) in [5.41, 5.74) is 2.40. The minimum absolute atomic E-state index is 0.230. The van der Waals surface area contributed by atoms with Crippen LogP contribution in [0.15, 0.2) is 12.5 Å². The summed E-state index contributed by atoms with van der Waals surface area (Å²) in [6.07, 6.45) is 4.13. The summed E-state index contributed by atoms with van der Waals surface area (Å²) >= 11 is 0. The molecule has 2 aromatic heterocycles. The molecule has 0 aromatic carbocycles. The molecule has 0 amide bonds. The predicted molar refractivity (Wildman–Crippen MR) is 66.6 cm³/mol. The summed E-state index contributed by atoms with van der Waals surface area (Å²) in [4.78, 5) is 7.68. The molecule has 0 atom stereocenters. The van der Waals surface area contributed by atoms with Crippen LogP contribution in [0, 0.1) is 12.7 Å². The standard InChI is InChI=1S/C12H16FN5/c1-4-10-9(6-18(3)17-10)5-14-12-11(13)8(2)15-7-16-12/h6-7H,4-5H2,1-3H3,(H,14,15,16). The molecule has 0 radical (unpaired) electrons. The van der Waals surface area contributed by atoms with Crippen molar-refractivity contribution in [2.45, 2.75) is 26.8 Å².